The number of rotatable bonds is 10. The van der Waals surface area contributed by atoms with Crippen LogP contribution in [0.1, 0.15) is 49.8 Å². The van der Waals surface area contributed by atoms with Crippen LogP contribution in [-0.4, -0.2) is 34.5 Å². The molecule has 4 rings (SSSR count). The van der Waals surface area contributed by atoms with Crippen LogP contribution in [-0.2, 0) is 17.6 Å². The number of hydrogen-bond donors (Lipinski definition) is 2. The molecule has 1 fully saturated rings. The number of methoxy groups -OCH3 is 1. The Morgan fingerprint density at radius 2 is 1.79 bits per heavy atom. The van der Waals surface area contributed by atoms with Crippen molar-refractivity contribution in [2.75, 3.05) is 19.0 Å². The minimum Gasteiger partial charge on any atom is -0.508 e. The SMILES string of the molecule is COc1ccc(-c2cnc(NCC(=O)Cc3ccc(O)cc3)c(CCC3CCCCC3)n2)cc1. The van der Waals surface area contributed by atoms with Gasteiger partial charge in [0.1, 0.15) is 17.3 Å². The third-order valence-corrected chi connectivity index (χ3v) is 6.54. The molecule has 6 nitrogen and oxygen atoms in total. The van der Waals surface area contributed by atoms with Gasteiger partial charge in [-0.2, -0.15) is 0 Å². The standard InChI is InChI=1S/C28H33N3O3/c1-34-25-14-10-22(11-15-25)27-19-30-28(26(31-27)16-9-20-5-3-2-4-6-20)29-18-24(33)17-21-7-12-23(32)13-8-21/h7-8,10-15,19-20,32H,2-6,9,16-18H2,1H3,(H,29,30). The molecule has 0 unspecified atom stereocenters. The lowest BCUT2D eigenvalue weighted by molar-refractivity contribution is -0.116. The molecule has 0 bridgehead atoms. The van der Waals surface area contributed by atoms with Gasteiger partial charge in [-0.15, -0.1) is 0 Å². The first-order chi connectivity index (χ1) is 16.6. The molecule has 1 saturated carbocycles. The number of Topliss-reactive ketones (excluding diaryl/α,β-unsaturated/α-hetero) is 1. The van der Waals surface area contributed by atoms with E-state index in [1.165, 1.54) is 32.1 Å². The van der Waals surface area contributed by atoms with Crippen LogP contribution in [0.5, 0.6) is 11.5 Å². The Bertz CT molecular complexity index is 1080. The van der Waals surface area contributed by atoms with Crippen LogP contribution in [0, 0.1) is 5.92 Å². The van der Waals surface area contributed by atoms with E-state index in [-0.39, 0.29) is 18.1 Å². The topological polar surface area (TPSA) is 84.3 Å². The van der Waals surface area contributed by atoms with Crippen LogP contribution in [0.2, 0.25) is 0 Å². The van der Waals surface area contributed by atoms with Crippen LogP contribution in [0.4, 0.5) is 5.82 Å². The third-order valence-electron chi connectivity index (χ3n) is 6.54. The minimum absolute atomic E-state index is 0.0601. The van der Waals surface area contributed by atoms with E-state index in [2.05, 4.69) is 10.3 Å². The van der Waals surface area contributed by atoms with Crippen LogP contribution in [0.25, 0.3) is 11.3 Å². The third kappa shape index (κ3) is 6.56. The zero-order valence-electron chi connectivity index (χ0n) is 19.8. The molecule has 0 saturated heterocycles. The summed E-state index contributed by atoms with van der Waals surface area (Å²) in [6, 6.07) is 14.6. The molecule has 1 aliphatic rings. The van der Waals surface area contributed by atoms with Crippen molar-refractivity contribution < 1.29 is 14.6 Å². The molecule has 3 aromatic rings. The zero-order valence-corrected chi connectivity index (χ0v) is 19.8. The number of aryl methyl sites for hydroxylation is 1. The van der Waals surface area contributed by atoms with E-state index in [0.717, 1.165) is 47.0 Å². The van der Waals surface area contributed by atoms with Crippen LogP contribution in [0.3, 0.4) is 0 Å². The first-order valence-corrected chi connectivity index (χ1v) is 12.1. The Hall–Kier alpha value is -3.41. The van der Waals surface area contributed by atoms with E-state index in [4.69, 9.17) is 9.72 Å². The van der Waals surface area contributed by atoms with Crippen LogP contribution < -0.4 is 10.1 Å². The average molecular weight is 460 g/mol. The largest absolute Gasteiger partial charge is 0.508 e. The van der Waals surface area contributed by atoms with Gasteiger partial charge in [-0.1, -0.05) is 44.2 Å². The summed E-state index contributed by atoms with van der Waals surface area (Å²) in [5, 5.41) is 12.7. The number of aromatic hydroxyl groups is 1. The highest BCUT2D eigenvalue weighted by molar-refractivity contribution is 5.85. The number of ether oxygens (including phenoxy) is 1. The van der Waals surface area contributed by atoms with Gasteiger partial charge in [0.05, 0.1) is 31.2 Å². The van der Waals surface area contributed by atoms with Crippen LogP contribution in [0.15, 0.2) is 54.7 Å². The Kier molecular flexibility index (Phi) is 8.12. The Morgan fingerprint density at radius 1 is 1.06 bits per heavy atom. The van der Waals surface area contributed by atoms with Crippen molar-refractivity contribution in [2.45, 2.75) is 51.4 Å². The molecule has 2 aromatic carbocycles. The molecule has 1 heterocycles. The normalized spacial score (nSPS) is 14.0. The number of nitrogens with one attached hydrogen (secondary N) is 1. The molecule has 1 aliphatic carbocycles. The average Bonchev–Trinajstić information content (AvgIpc) is 2.88. The molecule has 0 radical (unpaired) electrons. The maximum atomic E-state index is 12.6. The zero-order chi connectivity index (χ0) is 23.8. The van der Waals surface area contributed by atoms with E-state index < -0.39 is 0 Å². The van der Waals surface area contributed by atoms with Crippen molar-refractivity contribution in [1.82, 2.24) is 9.97 Å². The summed E-state index contributed by atoms with van der Waals surface area (Å²) in [4.78, 5) is 22.2. The molecule has 2 N–H and O–H groups in total. The summed E-state index contributed by atoms with van der Waals surface area (Å²) in [7, 11) is 1.65. The maximum absolute atomic E-state index is 12.6. The van der Waals surface area contributed by atoms with Gasteiger partial charge >= 0.3 is 0 Å². The highest BCUT2D eigenvalue weighted by Crippen LogP contribution is 2.29. The monoisotopic (exact) mass is 459 g/mol. The number of hydrogen-bond acceptors (Lipinski definition) is 6. The molecular weight excluding hydrogens is 426 g/mol. The second kappa shape index (κ2) is 11.6. The number of phenolic OH excluding ortho intramolecular Hbond substituents is 1. The van der Waals surface area contributed by atoms with E-state index >= 15 is 0 Å². The quantitative estimate of drug-likeness (QED) is 0.411. The molecule has 1 aromatic heterocycles. The highest BCUT2D eigenvalue weighted by Gasteiger charge is 2.17. The Labute approximate surface area is 201 Å². The second-order valence-corrected chi connectivity index (χ2v) is 9.06. The molecule has 178 valence electrons. The summed E-state index contributed by atoms with van der Waals surface area (Å²) in [6.07, 6.45) is 10.6. The van der Waals surface area contributed by atoms with Crippen molar-refractivity contribution in [1.29, 1.82) is 0 Å². The van der Waals surface area contributed by atoms with Gasteiger partial charge in [-0.25, -0.2) is 9.97 Å². The molecule has 0 spiro atoms. The molecule has 0 atom stereocenters. The van der Waals surface area contributed by atoms with Gasteiger partial charge in [-0.3, -0.25) is 4.79 Å². The lowest BCUT2D eigenvalue weighted by Gasteiger charge is -2.21. The first-order valence-electron chi connectivity index (χ1n) is 12.1. The molecule has 34 heavy (non-hydrogen) atoms. The highest BCUT2D eigenvalue weighted by atomic mass is 16.5. The van der Waals surface area contributed by atoms with E-state index in [1.807, 2.05) is 24.3 Å². The van der Waals surface area contributed by atoms with Crippen molar-refractivity contribution >= 4 is 11.6 Å². The number of carbonyl (C=O) groups is 1. The number of benzene rings is 2. The predicted octanol–water partition coefficient (Wildman–Crippen LogP) is 5.59. The Morgan fingerprint density at radius 3 is 2.50 bits per heavy atom. The van der Waals surface area contributed by atoms with Crippen molar-refractivity contribution in [2.24, 2.45) is 5.92 Å². The smallest absolute Gasteiger partial charge is 0.156 e. The van der Waals surface area contributed by atoms with Gasteiger partial charge in [0.15, 0.2) is 5.78 Å². The fourth-order valence-electron chi connectivity index (χ4n) is 4.55. The van der Waals surface area contributed by atoms with E-state index in [9.17, 15) is 9.90 Å². The minimum atomic E-state index is 0.0601. The van der Waals surface area contributed by atoms with Crippen molar-refractivity contribution in [3.05, 3.63) is 66.0 Å². The summed E-state index contributed by atoms with van der Waals surface area (Å²) < 4.78 is 5.27. The number of carbonyl (C=O) groups excluding carboxylic acids is 1. The van der Waals surface area contributed by atoms with Crippen molar-refractivity contribution in [3.8, 4) is 22.8 Å². The van der Waals surface area contributed by atoms with Gasteiger partial charge < -0.3 is 15.2 Å². The summed E-state index contributed by atoms with van der Waals surface area (Å²) in [6.45, 7) is 0.188. The number of aromatic nitrogens is 2. The van der Waals surface area contributed by atoms with Crippen molar-refractivity contribution in [3.63, 3.8) is 0 Å². The fraction of sp³-hybridized carbons (Fsp3) is 0.393. The number of nitrogens with zero attached hydrogens (tertiary/aromatic N) is 2. The lowest BCUT2D eigenvalue weighted by atomic mass is 9.86. The summed E-state index contributed by atoms with van der Waals surface area (Å²) in [5.41, 5.74) is 3.60. The summed E-state index contributed by atoms with van der Waals surface area (Å²) >= 11 is 0. The second-order valence-electron chi connectivity index (χ2n) is 9.06. The van der Waals surface area contributed by atoms with E-state index in [0.29, 0.717) is 12.2 Å². The van der Waals surface area contributed by atoms with Crippen LogP contribution >= 0.6 is 0 Å². The number of phenols is 1. The first kappa shape index (κ1) is 23.7. The predicted molar refractivity (Wildman–Crippen MR) is 134 cm³/mol. The van der Waals surface area contributed by atoms with Gasteiger partial charge in [0, 0.05) is 12.0 Å². The number of anilines is 1. The van der Waals surface area contributed by atoms with Gasteiger partial charge in [0.25, 0.3) is 0 Å². The maximum Gasteiger partial charge on any atom is 0.156 e. The van der Waals surface area contributed by atoms with Gasteiger partial charge in [0.2, 0.25) is 0 Å². The number of ketones is 1. The summed E-state index contributed by atoms with van der Waals surface area (Å²) in [5.74, 6) is 2.49. The lowest BCUT2D eigenvalue weighted by Crippen LogP contribution is -2.18. The molecule has 6 heteroatoms. The molecular formula is C28H33N3O3. The van der Waals surface area contributed by atoms with E-state index in [1.54, 1.807) is 37.6 Å². The molecule has 0 amide bonds. The fourth-order valence-corrected chi connectivity index (χ4v) is 4.55. The van der Waals surface area contributed by atoms with Gasteiger partial charge in [-0.05, 0) is 60.7 Å². The Balaban J connectivity index is 1.46. The molecule has 0 aliphatic heterocycles.